The zero-order valence-corrected chi connectivity index (χ0v) is 17.8. The molecule has 1 aromatic heterocycles. The lowest BCUT2D eigenvalue weighted by molar-refractivity contribution is -0.132. The van der Waals surface area contributed by atoms with E-state index in [9.17, 15) is 18.3 Å². The first-order valence-corrected chi connectivity index (χ1v) is 11.7. The van der Waals surface area contributed by atoms with Crippen molar-refractivity contribution in [2.75, 3.05) is 12.4 Å². The molecule has 2 aromatic carbocycles. The Kier molecular flexibility index (Phi) is 6.06. The number of nitrogens with zero attached hydrogens (tertiary/aromatic N) is 2. The van der Waals surface area contributed by atoms with Gasteiger partial charge in [-0.3, -0.25) is 4.79 Å². The summed E-state index contributed by atoms with van der Waals surface area (Å²) >= 11 is 0. The lowest BCUT2D eigenvalue weighted by Gasteiger charge is -2.28. The largest absolute Gasteiger partial charge is 0.391 e. The van der Waals surface area contributed by atoms with Crippen LogP contribution in [0.25, 0.3) is 5.69 Å². The summed E-state index contributed by atoms with van der Waals surface area (Å²) in [7, 11) is -3.55. The molecule has 0 aliphatic carbocycles. The van der Waals surface area contributed by atoms with Gasteiger partial charge in [-0.1, -0.05) is 42.5 Å². The van der Waals surface area contributed by atoms with Gasteiger partial charge in [0.1, 0.15) is 0 Å². The Morgan fingerprint density at radius 2 is 1.65 bits per heavy atom. The Morgan fingerprint density at radius 1 is 0.968 bits per heavy atom. The van der Waals surface area contributed by atoms with Gasteiger partial charge in [-0.2, -0.15) is 0 Å². The Balaban J connectivity index is 1.56. The molecule has 0 fully saturated rings. The lowest BCUT2D eigenvalue weighted by Crippen LogP contribution is -2.41. The molecule has 1 unspecified atom stereocenters. The topological polar surface area (TPSA) is 79.6 Å². The molecule has 31 heavy (non-hydrogen) atoms. The van der Waals surface area contributed by atoms with Crippen molar-refractivity contribution in [3.05, 3.63) is 101 Å². The van der Waals surface area contributed by atoms with Crippen LogP contribution in [0.5, 0.6) is 0 Å². The van der Waals surface area contributed by atoms with E-state index in [1.807, 2.05) is 83.7 Å². The molecule has 4 rings (SSSR count). The number of sulfone groups is 1. The molecule has 1 aliphatic rings. The molecule has 0 saturated heterocycles. The van der Waals surface area contributed by atoms with Crippen molar-refractivity contribution in [2.45, 2.75) is 19.0 Å². The van der Waals surface area contributed by atoms with E-state index in [1.54, 1.807) is 4.90 Å². The number of hydrogen-bond acceptors (Lipinski definition) is 4. The molecular weight excluding hydrogens is 412 g/mol. The number of rotatable bonds is 7. The Morgan fingerprint density at radius 3 is 2.26 bits per heavy atom. The summed E-state index contributed by atoms with van der Waals surface area (Å²) < 4.78 is 26.6. The van der Waals surface area contributed by atoms with Crippen LogP contribution in [0.4, 0.5) is 0 Å². The molecule has 0 radical (unpaired) electrons. The van der Waals surface area contributed by atoms with Crippen LogP contribution in [0.1, 0.15) is 11.1 Å². The standard InChI is InChI=1S/C24H24N2O4S/c27-17-23-15-22(18-31(23,29)30)26(16-20-6-2-1-3-7-20)24(28)14-19-8-10-21(11-9-19)25-12-4-5-13-25/h1-13,15,22,27H,14,16-18H2. The maximum absolute atomic E-state index is 13.3. The molecule has 7 heteroatoms. The third-order valence-corrected chi connectivity index (χ3v) is 7.28. The number of aromatic nitrogens is 1. The summed E-state index contributed by atoms with van der Waals surface area (Å²) in [6.45, 7) is -0.246. The van der Waals surface area contributed by atoms with E-state index < -0.39 is 22.5 Å². The fourth-order valence-electron chi connectivity index (χ4n) is 3.77. The normalized spacial score (nSPS) is 17.3. The van der Waals surface area contributed by atoms with Crippen molar-refractivity contribution in [3.63, 3.8) is 0 Å². The Bertz CT molecular complexity index is 1170. The summed E-state index contributed by atoms with van der Waals surface area (Å²) in [5, 5.41) is 9.42. The monoisotopic (exact) mass is 436 g/mol. The molecule has 6 nitrogen and oxygen atoms in total. The highest BCUT2D eigenvalue weighted by Gasteiger charge is 2.35. The maximum Gasteiger partial charge on any atom is 0.227 e. The first-order valence-electron chi connectivity index (χ1n) is 10.1. The van der Waals surface area contributed by atoms with Crippen LogP contribution in [0, 0.1) is 0 Å². The van der Waals surface area contributed by atoms with Crippen LogP contribution < -0.4 is 0 Å². The number of aliphatic hydroxyl groups is 1. The second-order valence-electron chi connectivity index (χ2n) is 7.58. The second kappa shape index (κ2) is 8.91. The van der Waals surface area contributed by atoms with Gasteiger partial charge in [0, 0.05) is 24.6 Å². The van der Waals surface area contributed by atoms with Crippen molar-refractivity contribution in [3.8, 4) is 5.69 Å². The zero-order valence-electron chi connectivity index (χ0n) is 17.0. The highest BCUT2D eigenvalue weighted by molar-refractivity contribution is 7.95. The molecule has 3 aromatic rings. The van der Waals surface area contributed by atoms with Gasteiger partial charge in [0.15, 0.2) is 9.84 Å². The van der Waals surface area contributed by atoms with Crippen molar-refractivity contribution in [1.29, 1.82) is 0 Å². The predicted octanol–water partition coefficient (Wildman–Crippen LogP) is 2.72. The fourth-order valence-corrected chi connectivity index (χ4v) is 5.27. The van der Waals surface area contributed by atoms with E-state index in [4.69, 9.17) is 0 Å². The zero-order chi connectivity index (χ0) is 21.8. The summed E-state index contributed by atoms with van der Waals surface area (Å²) in [4.78, 5) is 14.8. The van der Waals surface area contributed by atoms with Gasteiger partial charge in [0.25, 0.3) is 0 Å². The number of carbonyl (C=O) groups is 1. The second-order valence-corrected chi connectivity index (χ2v) is 9.67. The lowest BCUT2D eigenvalue weighted by atomic mass is 10.1. The maximum atomic E-state index is 13.3. The fraction of sp³-hybridized carbons (Fsp3) is 0.208. The van der Waals surface area contributed by atoms with Gasteiger partial charge < -0.3 is 14.6 Å². The van der Waals surface area contributed by atoms with Crippen molar-refractivity contribution in [2.24, 2.45) is 0 Å². The highest BCUT2D eigenvalue weighted by atomic mass is 32.2. The van der Waals surface area contributed by atoms with Gasteiger partial charge in [-0.25, -0.2) is 8.42 Å². The third-order valence-electron chi connectivity index (χ3n) is 5.43. The SMILES string of the molecule is O=C(Cc1ccc(-n2cccc2)cc1)N(Cc1ccccc1)C1C=C(CO)S(=O)(=O)C1. The summed E-state index contributed by atoms with van der Waals surface area (Å²) in [5.74, 6) is -0.359. The van der Waals surface area contributed by atoms with Gasteiger partial charge in [0.05, 0.1) is 29.7 Å². The molecule has 0 bridgehead atoms. The van der Waals surface area contributed by atoms with Crippen LogP contribution in [0.3, 0.4) is 0 Å². The first-order chi connectivity index (χ1) is 15.0. The molecular formula is C24H24N2O4S. The van der Waals surface area contributed by atoms with Crippen molar-refractivity contribution < 1.29 is 18.3 Å². The molecule has 1 atom stereocenters. The first kappa shape index (κ1) is 21.1. The molecule has 0 saturated carbocycles. The van der Waals surface area contributed by atoms with Crippen molar-refractivity contribution >= 4 is 15.7 Å². The predicted molar refractivity (Wildman–Crippen MR) is 119 cm³/mol. The van der Waals surface area contributed by atoms with Crippen LogP contribution in [-0.2, 0) is 27.6 Å². The van der Waals surface area contributed by atoms with E-state index in [2.05, 4.69) is 0 Å². The van der Waals surface area contributed by atoms with Crippen molar-refractivity contribution in [1.82, 2.24) is 9.47 Å². The van der Waals surface area contributed by atoms with Gasteiger partial charge >= 0.3 is 0 Å². The molecule has 0 spiro atoms. The molecule has 1 amide bonds. The summed E-state index contributed by atoms with van der Waals surface area (Å²) in [6, 6.07) is 20.5. The summed E-state index contributed by atoms with van der Waals surface area (Å²) in [6.07, 6.45) is 5.57. The van der Waals surface area contributed by atoms with E-state index in [0.29, 0.717) is 6.54 Å². The highest BCUT2D eigenvalue weighted by Crippen LogP contribution is 2.24. The Labute approximate surface area is 182 Å². The minimum Gasteiger partial charge on any atom is -0.391 e. The summed E-state index contributed by atoms with van der Waals surface area (Å²) in [5.41, 5.74) is 2.77. The number of carbonyl (C=O) groups excluding carboxylic acids is 1. The van der Waals surface area contributed by atoms with E-state index in [1.165, 1.54) is 6.08 Å². The van der Waals surface area contributed by atoms with Crippen LogP contribution in [0.2, 0.25) is 0 Å². The minimum absolute atomic E-state index is 0.0144. The smallest absolute Gasteiger partial charge is 0.227 e. The van der Waals surface area contributed by atoms with Gasteiger partial charge in [0.2, 0.25) is 5.91 Å². The number of hydrogen-bond donors (Lipinski definition) is 1. The average Bonchev–Trinajstić information content (AvgIpc) is 3.40. The number of aliphatic hydroxyl groups excluding tert-OH is 1. The van der Waals surface area contributed by atoms with Crippen LogP contribution in [0.15, 0.2) is 90.1 Å². The molecule has 1 aliphatic heterocycles. The van der Waals surface area contributed by atoms with E-state index >= 15 is 0 Å². The van der Waals surface area contributed by atoms with E-state index in [-0.39, 0.29) is 23.0 Å². The molecule has 2 heterocycles. The third kappa shape index (κ3) is 4.78. The molecule has 160 valence electrons. The van der Waals surface area contributed by atoms with Crippen LogP contribution >= 0.6 is 0 Å². The average molecular weight is 437 g/mol. The van der Waals surface area contributed by atoms with E-state index in [0.717, 1.165) is 16.8 Å². The molecule has 1 N–H and O–H groups in total. The minimum atomic E-state index is -3.55. The van der Waals surface area contributed by atoms with Gasteiger partial charge in [-0.05, 0) is 41.5 Å². The quantitative estimate of drug-likeness (QED) is 0.618. The van der Waals surface area contributed by atoms with Gasteiger partial charge in [-0.15, -0.1) is 0 Å². The number of benzene rings is 2. The Hall–Kier alpha value is -3.16. The number of amides is 1. The van der Waals surface area contributed by atoms with Crippen LogP contribution in [-0.4, -0.2) is 47.3 Å².